The number of benzene rings is 2. The first-order valence-corrected chi connectivity index (χ1v) is 10.8. The number of imide groups is 2. The van der Waals surface area contributed by atoms with Crippen LogP contribution in [-0.4, -0.2) is 36.1 Å². The van der Waals surface area contributed by atoms with Gasteiger partial charge in [-0.3, -0.25) is 14.9 Å². The van der Waals surface area contributed by atoms with Gasteiger partial charge in [0.1, 0.15) is 17.1 Å². The number of barbiturate groups is 1. The molecule has 4 amide bonds. The monoisotopic (exact) mass is 459 g/mol. The summed E-state index contributed by atoms with van der Waals surface area (Å²) in [5.41, 5.74) is 3.51. The predicted molar refractivity (Wildman–Crippen MR) is 128 cm³/mol. The average Bonchev–Trinajstić information content (AvgIpc) is 3.10. The Morgan fingerprint density at radius 1 is 1.00 bits per heavy atom. The molecule has 0 spiro atoms. The summed E-state index contributed by atoms with van der Waals surface area (Å²) in [4.78, 5) is 39.5. The minimum absolute atomic E-state index is 0.138. The maximum absolute atomic E-state index is 13.4. The van der Waals surface area contributed by atoms with Crippen molar-refractivity contribution in [1.82, 2.24) is 9.88 Å². The van der Waals surface area contributed by atoms with Gasteiger partial charge in [0.2, 0.25) is 0 Å². The summed E-state index contributed by atoms with van der Waals surface area (Å²) in [6, 6.07) is 15.4. The molecule has 0 atom stereocenters. The molecule has 1 aliphatic heterocycles. The maximum atomic E-state index is 13.4. The highest BCUT2D eigenvalue weighted by Crippen LogP contribution is 2.32. The first-order chi connectivity index (χ1) is 16.3. The van der Waals surface area contributed by atoms with Crippen LogP contribution in [0.3, 0.4) is 0 Å². The Labute approximate surface area is 197 Å². The lowest BCUT2D eigenvalue weighted by molar-refractivity contribution is -0.122. The lowest BCUT2D eigenvalue weighted by Crippen LogP contribution is -2.54. The third kappa shape index (κ3) is 4.05. The number of methoxy groups -OCH3 is 1. The Bertz CT molecular complexity index is 1300. The smallest absolute Gasteiger partial charge is 0.336 e. The van der Waals surface area contributed by atoms with Crippen LogP contribution >= 0.6 is 0 Å². The largest absolute Gasteiger partial charge is 0.497 e. The number of carbonyl (C=O) groups is 3. The molecule has 34 heavy (non-hydrogen) atoms. The number of aromatic nitrogens is 1. The first kappa shape index (κ1) is 22.8. The van der Waals surface area contributed by atoms with Crippen LogP contribution in [-0.2, 0) is 9.59 Å². The van der Waals surface area contributed by atoms with Crippen LogP contribution in [0.2, 0.25) is 0 Å². The molecule has 1 N–H and O–H groups in total. The molecule has 174 valence electrons. The molecule has 0 bridgehead atoms. The van der Waals surface area contributed by atoms with E-state index in [1.54, 1.807) is 31.4 Å². The number of nitrogens with zero attached hydrogens (tertiary/aromatic N) is 2. The van der Waals surface area contributed by atoms with Crippen molar-refractivity contribution in [3.63, 3.8) is 0 Å². The molecule has 1 saturated heterocycles. The fourth-order valence-electron chi connectivity index (χ4n) is 4.01. The van der Waals surface area contributed by atoms with Crippen molar-refractivity contribution in [3.8, 4) is 17.2 Å². The minimum Gasteiger partial charge on any atom is -0.497 e. The number of hydrogen-bond acceptors (Lipinski definition) is 5. The van der Waals surface area contributed by atoms with E-state index < -0.39 is 17.8 Å². The number of rotatable bonds is 6. The van der Waals surface area contributed by atoms with Crippen molar-refractivity contribution in [1.29, 1.82) is 0 Å². The second kappa shape index (κ2) is 9.27. The fraction of sp³-hybridized carbons (Fsp3) is 0.192. The zero-order valence-corrected chi connectivity index (χ0v) is 19.4. The molecule has 2 aromatic carbocycles. The van der Waals surface area contributed by atoms with Gasteiger partial charge in [0.25, 0.3) is 11.8 Å². The standard InChI is InChI=1S/C26H25N3O5/c1-5-34-23-9-7-6-8-22(23)29-25(31)21(24(30)27-26(29)32)15-18-14-16(2)28(17(18)3)19-10-12-20(33-4)13-11-19/h6-15H,5H2,1-4H3,(H,27,30,32)/b21-15+. The number of para-hydroxylation sites is 2. The van der Waals surface area contributed by atoms with Gasteiger partial charge >= 0.3 is 6.03 Å². The van der Waals surface area contributed by atoms with Crippen molar-refractivity contribution in [2.24, 2.45) is 0 Å². The van der Waals surface area contributed by atoms with Gasteiger partial charge in [0.15, 0.2) is 0 Å². The molecular weight excluding hydrogens is 434 g/mol. The number of amides is 4. The number of ether oxygens (including phenoxy) is 2. The van der Waals surface area contributed by atoms with Crippen LogP contribution in [0, 0.1) is 13.8 Å². The molecule has 1 aromatic heterocycles. The van der Waals surface area contributed by atoms with E-state index in [1.807, 2.05) is 55.7 Å². The number of urea groups is 1. The van der Waals surface area contributed by atoms with E-state index >= 15 is 0 Å². The van der Waals surface area contributed by atoms with Gasteiger partial charge in [-0.1, -0.05) is 12.1 Å². The number of carbonyl (C=O) groups excluding carboxylic acids is 3. The van der Waals surface area contributed by atoms with Gasteiger partial charge in [0, 0.05) is 17.1 Å². The molecule has 0 radical (unpaired) electrons. The predicted octanol–water partition coefficient (Wildman–Crippen LogP) is 4.17. The second-order valence-corrected chi connectivity index (χ2v) is 7.72. The Balaban J connectivity index is 1.75. The highest BCUT2D eigenvalue weighted by atomic mass is 16.5. The van der Waals surface area contributed by atoms with Crippen LogP contribution in [0.25, 0.3) is 11.8 Å². The van der Waals surface area contributed by atoms with E-state index in [2.05, 4.69) is 5.32 Å². The molecule has 8 nitrogen and oxygen atoms in total. The van der Waals surface area contributed by atoms with Crippen molar-refractivity contribution >= 4 is 29.6 Å². The zero-order valence-electron chi connectivity index (χ0n) is 19.4. The molecule has 2 heterocycles. The van der Waals surface area contributed by atoms with E-state index in [-0.39, 0.29) is 11.3 Å². The average molecular weight is 460 g/mol. The first-order valence-electron chi connectivity index (χ1n) is 10.8. The maximum Gasteiger partial charge on any atom is 0.336 e. The molecule has 3 aromatic rings. The summed E-state index contributed by atoms with van der Waals surface area (Å²) < 4.78 is 12.8. The lowest BCUT2D eigenvalue weighted by atomic mass is 10.1. The second-order valence-electron chi connectivity index (χ2n) is 7.72. The summed E-state index contributed by atoms with van der Waals surface area (Å²) >= 11 is 0. The van der Waals surface area contributed by atoms with Gasteiger partial charge in [-0.25, -0.2) is 9.69 Å². The Morgan fingerprint density at radius 3 is 2.38 bits per heavy atom. The SMILES string of the molecule is CCOc1ccccc1N1C(=O)NC(=O)/C(=C\c2cc(C)n(-c3ccc(OC)cc3)c2C)C1=O. The van der Waals surface area contributed by atoms with Gasteiger partial charge in [-0.05, 0) is 74.9 Å². The molecule has 0 saturated carbocycles. The quantitative estimate of drug-likeness (QED) is 0.442. The molecule has 4 rings (SSSR count). The molecule has 1 fully saturated rings. The van der Waals surface area contributed by atoms with E-state index in [4.69, 9.17) is 9.47 Å². The summed E-state index contributed by atoms with van der Waals surface area (Å²) in [6.07, 6.45) is 1.52. The highest BCUT2D eigenvalue weighted by molar-refractivity contribution is 6.39. The highest BCUT2D eigenvalue weighted by Gasteiger charge is 2.38. The summed E-state index contributed by atoms with van der Waals surface area (Å²) in [6.45, 7) is 6.01. The zero-order chi connectivity index (χ0) is 24.4. The molecule has 1 aliphatic rings. The van der Waals surface area contributed by atoms with Gasteiger partial charge < -0.3 is 14.0 Å². The van der Waals surface area contributed by atoms with Crippen LogP contribution in [0.5, 0.6) is 11.5 Å². The van der Waals surface area contributed by atoms with Crippen molar-refractivity contribution in [3.05, 3.63) is 77.1 Å². The van der Waals surface area contributed by atoms with E-state index in [9.17, 15) is 14.4 Å². The summed E-state index contributed by atoms with van der Waals surface area (Å²) in [5, 5.41) is 2.27. The molecule has 8 heteroatoms. The van der Waals surface area contributed by atoms with Gasteiger partial charge in [0.05, 0.1) is 19.4 Å². The van der Waals surface area contributed by atoms with Crippen molar-refractivity contribution < 1.29 is 23.9 Å². The third-order valence-electron chi connectivity index (χ3n) is 5.61. The minimum atomic E-state index is -0.817. The topological polar surface area (TPSA) is 89.9 Å². The summed E-state index contributed by atoms with van der Waals surface area (Å²) in [7, 11) is 1.61. The van der Waals surface area contributed by atoms with Crippen LogP contribution in [0.15, 0.2) is 60.2 Å². The van der Waals surface area contributed by atoms with Crippen LogP contribution in [0.1, 0.15) is 23.9 Å². The third-order valence-corrected chi connectivity index (χ3v) is 5.61. The number of nitrogens with one attached hydrogen (secondary N) is 1. The van der Waals surface area contributed by atoms with E-state index in [1.165, 1.54) is 6.08 Å². The number of anilines is 1. The van der Waals surface area contributed by atoms with Gasteiger partial charge in [-0.2, -0.15) is 0 Å². The van der Waals surface area contributed by atoms with Crippen LogP contribution < -0.4 is 19.7 Å². The van der Waals surface area contributed by atoms with Crippen LogP contribution in [0.4, 0.5) is 10.5 Å². The Hall–Kier alpha value is -4.33. The lowest BCUT2D eigenvalue weighted by Gasteiger charge is -2.27. The van der Waals surface area contributed by atoms with Crippen molar-refractivity contribution in [2.45, 2.75) is 20.8 Å². The number of hydrogen-bond donors (Lipinski definition) is 1. The Morgan fingerprint density at radius 2 is 1.71 bits per heavy atom. The molecular formula is C26H25N3O5. The number of aryl methyl sites for hydroxylation is 1. The van der Waals surface area contributed by atoms with Gasteiger partial charge in [-0.15, -0.1) is 0 Å². The molecule has 0 aliphatic carbocycles. The van der Waals surface area contributed by atoms with E-state index in [0.29, 0.717) is 17.9 Å². The fourth-order valence-corrected chi connectivity index (χ4v) is 4.01. The Kier molecular flexibility index (Phi) is 6.23. The summed E-state index contributed by atoms with van der Waals surface area (Å²) in [5.74, 6) is -0.334. The van der Waals surface area contributed by atoms with E-state index in [0.717, 1.165) is 27.7 Å². The molecule has 0 unspecified atom stereocenters. The van der Waals surface area contributed by atoms with Crippen molar-refractivity contribution in [2.75, 3.05) is 18.6 Å². The normalized spacial score (nSPS) is 15.0.